The van der Waals surface area contributed by atoms with Crippen molar-refractivity contribution in [3.63, 3.8) is 0 Å². The van der Waals surface area contributed by atoms with Crippen LogP contribution < -0.4 is 5.32 Å². The summed E-state index contributed by atoms with van der Waals surface area (Å²) in [7, 11) is 0. The maximum Gasteiger partial charge on any atom is 0.216 e. The van der Waals surface area contributed by atoms with E-state index >= 15 is 0 Å². The minimum Gasteiger partial charge on any atom is -0.303 e. The standard InChI is InChI=1S/C6H11N2O/c1-6(4-9)8-3-2-7-5-8/h6-7H,2-3,5H2,1H3. The molecule has 1 unspecified atom stereocenters. The predicted octanol–water partition coefficient (Wildman–Crippen LogP) is -0.653. The molecule has 3 heteroatoms. The highest BCUT2D eigenvalue weighted by atomic mass is 16.1. The molecule has 1 atom stereocenters. The zero-order valence-electron chi connectivity index (χ0n) is 5.55. The third-order valence-electron chi connectivity index (χ3n) is 1.61. The van der Waals surface area contributed by atoms with Crippen LogP contribution in [0.15, 0.2) is 0 Å². The molecule has 0 aromatic rings. The highest BCUT2D eigenvalue weighted by Crippen LogP contribution is 1.96. The van der Waals surface area contributed by atoms with Crippen molar-refractivity contribution in [2.45, 2.75) is 13.0 Å². The highest BCUT2D eigenvalue weighted by molar-refractivity contribution is 5.57. The van der Waals surface area contributed by atoms with Gasteiger partial charge in [0.25, 0.3) is 0 Å². The van der Waals surface area contributed by atoms with Gasteiger partial charge in [-0.25, -0.2) is 0 Å². The van der Waals surface area contributed by atoms with Gasteiger partial charge < -0.3 is 5.32 Å². The van der Waals surface area contributed by atoms with Crippen LogP contribution in [-0.4, -0.2) is 37.0 Å². The molecule has 1 saturated heterocycles. The van der Waals surface area contributed by atoms with Crippen molar-refractivity contribution >= 4 is 6.29 Å². The Bertz CT molecular complexity index is 99.2. The number of nitrogens with one attached hydrogen (secondary N) is 1. The Kier molecular flexibility index (Phi) is 2.19. The van der Waals surface area contributed by atoms with E-state index in [9.17, 15) is 4.79 Å². The van der Waals surface area contributed by atoms with Crippen molar-refractivity contribution in [3.05, 3.63) is 0 Å². The first-order chi connectivity index (χ1) is 4.34. The third kappa shape index (κ3) is 1.50. The molecule has 1 heterocycles. The van der Waals surface area contributed by atoms with E-state index in [0.717, 1.165) is 19.8 Å². The first kappa shape index (κ1) is 6.71. The fourth-order valence-electron chi connectivity index (χ4n) is 0.929. The molecule has 0 amide bonds. The molecular weight excluding hydrogens is 116 g/mol. The molecule has 0 spiro atoms. The monoisotopic (exact) mass is 127 g/mol. The van der Waals surface area contributed by atoms with Crippen LogP contribution in [0.3, 0.4) is 0 Å². The average Bonchev–Trinajstić information content (AvgIpc) is 2.37. The zero-order chi connectivity index (χ0) is 6.69. The van der Waals surface area contributed by atoms with Gasteiger partial charge in [-0.05, 0) is 6.92 Å². The van der Waals surface area contributed by atoms with E-state index < -0.39 is 0 Å². The number of hydrogen-bond acceptors (Lipinski definition) is 3. The van der Waals surface area contributed by atoms with E-state index in [1.54, 1.807) is 0 Å². The van der Waals surface area contributed by atoms with E-state index in [-0.39, 0.29) is 6.04 Å². The Morgan fingerprint density at radius 1 is 1.78 bits per heavy atom. The van der Waals surface area contributed by atoms with Gasteiger partial charge in [0.05, 0.1) is 6.04 Å². The molecule has 1 rings (SSSR count). The summed E-state index contributed by atoms with van der Waals surface area (Å²) in [6.45, 7) is 4.65. The van der Waals surface area contributed by atoms with Gasteiger partial charge in [-0.15, -0.1) is 0 Å². The maximum atomic E-state index is 10.1. The van der Waals surface area contributed by atoms with Crippen molar-refractivity contribution in [1.82, 2.24) is 10.2 Å². The van der Waals surface area contributed by atoms with Crippen LogP contribution in [0.25, 0.3) is 0 Å². The fraction of sp³-hybridized carbons (Fsp3) is 0.833. The summed E-state index contributed by atoms with van der Waals surface area (Å²) in [6.07, 6.45) is 1.94. The van der Waals surface area contributed by atoms with Crippen LogP contribution in [-0.2, 0) is 4.79 Å². The predicted molar refractivity (Wildman–Crippen MR) is 34.7 cm³/mol. The molecule has 0 saturated carbocycles. The lowest BCUT2D eigenvalue weighted by Gasteiger charge is -2.15. The van der Waals surface area contributed by atoms with Gasteiger partial charge >= 0.3 is 0 Å². The Labute approximate surface area is 55.0 Å². The molecule has 0 aliphatic carbocycles. The van der Waals surface area contributed by atoms with Crippen molar-refractivity contribution < 1.29 is 4.79 Å². The molecule has 0 bridgehead atoms. The van der Waals surface area contributed by atoms with Crippen molar-refractivity contribution in [2.75, 3.05) is 19.8 Å². The van der Waals surface area contributed by atoms with Gasteiger partial charge in [0.1, 0.15) is 0 Å². The van der Waals surface area contributed by atoms with Crippen molar-refractivity contribution in [2.24, 2.45) is 0 Å². The largest absolute Gasteiger partial charge is 0.303 e. The molecule has 9 heavy (non-hydrogen) atoms. The van der Waals surface area contributed by atoms with Crippen molar-refractivity contribution in [1.29, 1.82) is 0 Å². The molecule has 0 aromatic heterocycles. The minimum absolute atomic E-state index is 0.0417. The summed E-state index contributed by atoms with van der Waals surface area (Å²) in [5.74, 6) is 0. The summed E-state index contributed by atoms with van der Waals surface area (Å²) in [4.78, 5) is 12.1. The maximum absolute atomic E-state index is 10.1. The first-order valence-electron chi connectivity index (χ1n) is 3.17. The molecule has 1 fully saturated rings. The second-order valence-electron chi connectivity index (χ2n) is 2.26. The highest BCUT2D eigenvalue weighted by Gasteiger charge is 2.16. The fourth-order valence-corrected chi connectivity index (χ4v) is 0.929. The Balaban J connectivity index is 2.32. The number of carbonyl (C=O) groups excluding carboxylic acids is 1. The smallest absolute Gasteiger partial charge is 0.216 e. The van der Waals surface area contributed by atoms with Gasteiger partial charge in [-0.2, -0.15) is 0 Å². The van der Waals surface area contributed by atoms with Crippen LogP contribution in [0.4, 0.5) is 0 Å². The molecule has 0 aromatic carbocycles. The normalized spacial score (nSPS) is 24.1. The number of hydrogen-bond donors (Lipinski definition) is 1. The lowest BCUT2D eigenvalue weighted by atomic mass is 10.3. The van der Waals surface area contributed by atoms with Gasteiger partial charge in [0.15, 0.2) is 0 Å². The Hall–Kier alpha value is -0.410. The topological polar surface area (TPSA) is 32.3 Å². The van der Waals surface area contributed by atoms with E-state index in [0.29, 0.717) is 0 Å². The summed E-state index contributed by atoms with van der Waals surface area (Å²) < 4.78 is 0. The van der Waals surface area contributed by atoms with E-state index in [1.807, 2.05) is 18.1 Å². The molecule has 1 N–H and O–H groups in total. The van der Waals surface area contributed by atoms with E-state index in [2.05, 4.69) is 5.32 Å². The lowest BCUT2D eigenvalue weighted by Crippen LogP contribution is -2.32. The minimum atomic E-state index is -0.0417. The summed E-state index contributed by atoms with van der Waals surface area (Å²) in [5, 5.41) is 3.13. The zero-order valence-corrected chi connectivity index (χ0v) is 5.55. The Morgan fingerprint density at radius 3 is 3.00 bits per heavy atom. The molecule has 1 radical (unpaired) electrons. The lowest BCUT2D eigenvalue weighted by molar-refractivity contribution is 0.303. The molecule has 1 aliphatic rings. The number of nitrogens with zero attached hydrogens (tertiary/aromatic N) is 1. The van der Waals surface area contributed by atoms with Crippen LogP contribution in [0.5, 0.6) is 0 Å². The number of rotatable bonds is 2. The van der Waals surface area contributed by atoms with Crippen LogP contribution in [0.1, 0.15) is 6.92 Å². The van der Waals surface area contributed by atoms with Crippen LogP contribution in [0.2, 0.25) is 0 Å². The second kappa shape index (κ2) is 2.94. The van der Waals surface area contributed by atoms with Gasteiger partial charge in [0, 0.05) is 19.8 Å². The SMILES string of the molecule is CC([C]=O)N1CCNC1. The van der Waals surface area contributed by atoms with Gasteiger partial charge in [-0.3, -0.25) is 9.69 Å². The van der Waals surface area contributed by atoms with Gasteiger partial charge in [-0.1, -0.05) is 0 Å². The average molecular weight is 127 g/mol. The third-order valence-corrected chi connectivity index (χ3v) is 1.61. The van der Waals surface area contributed by atoms with E-state index in [1.165, 1.54) is 0 Å². The van der Waals surface area contributed by atoms with Crippen LogP contribution in [0, 0.1) is 0 Å². The Morgan fingerprint density at radius 2 is 2.56 bits per heavy atom. The summed E-state index contributed by atoms with van der Waals surface area (Å²) in [5.41, 5.74) is 0. The molecule has 51 valence electrons. The van der Waals surface area contributed by atoms with Crippen molar-refractivity contribution in [3.8, 4) is 0 Å². The quantitative estimate of drug-likeness (QED) is 0.535. The molecule has 1 aliphatic heterocycles. The summed E-state index contributed by atoms with van der Waals surface area (Å²) in [6, 6.07) is -0.0417. The van der Waals surface area contributed by atoms with Crippen LogP contribution >= 0.6 is 0 Å². The first-order valence-corrected chi connectivity index (χ1v) is 3.17. The second-order valence-corrected chi connectivity index (χ2v) is 2.26. The molecule has 3 nitrogen and oxygen atoms in total. The summed E-state index contributed by atoms with van der Waals surface area (Å²) >= 11 is 0. The molecular formula is C6H11N2O. The van der Waals surface area contributed by atoms with E-state index in [4.69, 9.17) is 0 Å². The van der Waals surface area contributed by atoms with Gasteiger partial charge in [0.2, 0.25) is 6.29 Å².